The Balaban J connectivity index is 2.07. The van der Waals surface area contributed by atoms with Gasteiger partial charge in [-0.15, -0.1) is 0 Å². The summed E-state index contributed by atoms with van der Waals surface area (Å²) in [4.78, 5) is 17.7. The Bertz CT molecular complexity index is 494. The highest BCUT2D eigenvalue weighted by atomic mass is 16.2. The molecular weight excluding hydrogens is 240 g/mol. The van der Waals surface area contributed by atoms with Crippen LogP contribution in [0, 0.1) is 6.92 Å². The van der Waals surface area contributed by atoms with E-state index < -0.39 is 0 Å². The fourth-order valence-electron chi connectivity index (χ4n) is 2.54. The molecule has 1 aliphatic heterocycles. The van der Waals surface area contributed by atoms with E-state index >= 15 is 0 Å². The predicted octanol–water partition coefficient (Wildman–Crippen LogP) is 0.759. The third-order valence-corrected chi connectivity index (χ3v) is 3.36. The number of rotatable bonds is 3. The van der Waals surface area contributed by atoms with Gasteiger partial charge in [-0.3, -0.25) is 9.69 Å². The van der Waals surface area contributed by atoms with E-state index in [4.69, 9.17) is 11.5 Å². The zero-order chi connectivity index (χ0) is 13.8. The molecule has 102 valence electrons. The standard InChI is InChI=1S/C14H20N4O/c1-10-4-2-5-11(8-10)9-18-7-3-6-12(18)13(19)17-14(15)16/h2,4-5,8,12H,3,6-7,9H2,1H3,(H4,15,16,17,19). The third kappa shape index (κ3) is 3.54. The highest BCUT2D eigenvalue weighted by Crippen LogP contribution is 2.21. The molecule has 0 aromatic heterocycles. The maximum absolute atomic E-state index is 11.9. The summed E-state index contributed by atoms with van der Waals surface area (Å²) in [6, 6.07) is 8.12. The molecule has 19 heavy (non-hydrogen) atoms. The van der Waals surface area contributed by atoms with Crippen molar-refractivity contribution in [2.75, 3.05) is 6.54 Å². The van der Waals surface area contributed by atoms with Crippen molar-refractivity contribution in [3.05, 3.63) is 35.4 Å². The number of amides is 1. The summed E-state index contributed by atoms with van der Waals surface area (Å²) in [5, 5.41) is 0. The third-order valence-electron chi connectivity index (χ3n) is 3.36. The molecule has 5 nitrogen and oxygen atoms in total. The zero-order valence-corrected chi connectivity index (χ0v) is 11.2. The quantitative estimate of drug-likeness (QED) is 0.620. The lowest BCUT2D eigenvalue weighted by molar-refractivity contribution is -0.122. The van der Waals surface area contributed by atoms with E-state index in [9.17, 15) is 4.79 Å². The Hall–Kier alpha value is -1.88. The molecule has 1 unspecified atom stereocenters. The lowest BCUT2D eigenvalue weighted by Gasteiger charge is -2.22. The molecule has 0 saturated carbocycles. The Morgan fingerprint density at radius 1 is 1.47 bits per heavy atom. The highest BCUT2D eigenvalue weighted by Gasteiger charge is 2.30. The van der Waals surface area contributed by atoms with E-state index in [0.717, 1.165) is 25.9 Å². The van der Waals surface area contributed by atoms with Gasteiger partial charge < -0.3 is 11.5 Å². The van der Waals surface area contributed by atoms with Crippen molar-refractivity contribution >= 4 is 11.9 Å². The minimum Gasteiger partial charge on any atom is -0.370 e. The summed E-state index contributed by atoms with van der Waals surface area (Å²) in [6.07, 6.45) is 1.82. The average molecular weight is 260 g/mol. The summed E-state index contributed by atoms with van der Waals surface area (Å²) in [6.45, 7) is 3.73. The van der Waals surface area contributed by atoms with Crippen molar-refractivity contribution in [3.8, 4) is 0 Å². The topological polar surface area (TPSA) is 84.7 Å². The number of nitrogens with two attached hydrogens (primary N) is 2. The van der Waals surface area contributed by atoms with Gasteiger partial charge in [0.1, 0.15) is 0 Å². The maximum Gasteiger partial charge on any atom is 0.266 e. The fraction of sp³-hybridized carbons (Fsp3) is 0.429. The van der Waals surface area contributed by atoms with Gasteiger partial charge in [-0.25, -0.2) is 0 Å². The van der Waals surface area contributed by atoms with Gasteiger partial charge in [0.25, 0.3) is 5.91 Å². The van der Waals surface area contributed by atoms with Crippen molar-refractivity contribution in [3.63, 3.8) is 0 Å². The largest absolute Gasteiger partial charge is 0.370 e. The Kier molecular flexibility index (Phi) is 4.16. The van der Waals surface area contributed by atoms with Crippen LogP contribution in [0.5, 0.6) is 0 Å². The summed E-state index contributed by atoms with van der Waals surface area (Å²) < 4.78 is 0. The van der Waals surface area contributed by atoms with Gasteiger partial charge in [0.2, 0.25) is 0 Å². The second kappa shape index (κ2) is 5.84. The van der Waals surface area contributed by atoms with E-state index in [2.05, 4.69) is 35.0 Å². The van der Waals surface area contributed by atoms with Crippen LogP contribution >= 0.6 is 0 Å². The molecule has 2 rings (SSSR count). The van der Waals surface area contributed by atoms with Crippen molar-refractivity contribution in [1.82, 2.24) is 4.90 Å². The van der Waals surface area contributed by atoms with Gasteiger partial charge >= 0.3 is 0 Å². The van der Waals surface area contributed by atoms with Gasteiger partial charge in [-0.1, -0.05) is 29.8 Å². The maximum atomic E-state index is 11.9. The molecule has 1 amide bonds. The van der Waals surface area contributed by atoms with Gasteiger partial charge in [0.15, 0.2) is 5.96 Å². The number of aryl methyl sites for hydroxylation is 1. The summed E-state index contributed by atoms with van der Waals surface area (Å²) in [7, 11) is 0. The second-order valence-electron chi connectivity index (χ2n) is 4.99. The number of benzene rings is 1. The minimum atomic E-state index is -0.231. The number of carbonyl (C=O) groups excluding carboxylic acids is 1. The van der Waals surface area contributed by atoms with E-state index in [-0.39, 0.29) is 17.9 Å². The predicted molar refractivity (Wildman–Crippen MR) is 75.4 cm³/mol. The molecule has 1 fully saturated rings. The van der Waals surface area contributed by atoms with E-state index in [0.29, 0.717) is 0 Å². The van der Waals surface area contributed by atoms with Gasteiger partial charge in [0, 0.05) is 6.54 Å². The number of nitrogens with zero attached hydrogens (tertiary/aromatic N) is 2. The molecule has 0 spiro atoms. The van der Waals surface area contributed by atoms with Crippen molar-refractivity contribution in [2.45, 2.75) is 32.4 Å². The Morgan fingerprint density at radius 3 is 2.95 bits per heavy atom. The first-order valence-electron chi connectivity index (χ1n) is 6.49. The van der Waals surface area contributed by atoms with Gasteiger partial charge in [0.05, 0.1) is 6.04 Å². The lowest BCUT2D eigenvalue weighted by Crippen LogP contribution is -2.36. The molecule has 1 aliphatic rings. The van der Waals surface area contributed by atoms with Crippen LogP contribution in [0.2, 0.25) is 0 Å². The smallest absolute Gasteiger partial charge is 0.266 e. The molecule has 1 heterocycles. The van der Waals surface area contributed by atoms with Crippen LogP contribution < -0.4 is 11.5 Å². The Morgan fingerprint density at radius 2 is 2.26 bits per heavy atom. The number of carbonyl (C=O) groups is 1. The summed E-state index contributed by atoms with van der Waals surface area (Å²) in [5.41, 5.74) is 13.0. The zero-order valence-electron chi connectivity index (χ0n) is 11.2. The molecule has 1 aromatic rings. The van der Waals surface area contributed by atoms with Crippen LogP contribution in [-0.2, 0) is 11.3 Å². The van der Waals surface area contributed by atoms with Crippen LogP contribution in [0.15, 0.2) is 29.3 Å². The number of likely N-dealkylation sites (tertiary alicyclic amines) is 1. The molecule has 0 radical (unpaired) electrons. The summed E-state index contributed by atoms with van der Waals surface area (Å²) in [5.74, 6) is -0.391. The lowest BCUT2D eigenvalue weighted by atomic mass is 10.1. The molecule has 1 atom stereocenters. The molecule has 0 bridgehead atoms. The van der Waals surface area contributed by atoms with Gasteiger partial charge in [-0.05, 0) is 31.9 Å². The van der Waals surface area contributed by atoms with Crippen LogP contribution in [0.4, 0.5) is 0 Å². The second-order valence-corrected chi connectivity index (χ2v) is 4.99. The molecule has 1 aromatic carbocycles. The first-order valence-corrected chi connectivity index (χ1v) is 6.49. The monoisotopic (exact) mass is 260 g/mol. The Labute approximate surface area is 113 Å². The van der Waals surface area contributed by atoms with Crippen molar-refractivity contribution < 1.29 is 4.79 Å². The SMILES string of the molecule is Cc1cccc(CN2CCCC2C(=O)N=C(N)N)c1. The van der Waals surface area contributed by atoms with Crippen LogP contribution in [0.1, 0.15) is 24.0 Å². The van der Waals surface area contributed by atoms with Crippen molar-refractivity contribution in [1.29, 1.82) is 0 Å². The van der Waals surface area contributed by atoms with Gasteiger partial charge in [-0.2, -0.15) is 4.99 Å². The fourth-order valence-corrected chi connectivity index (χ4v) is 2.54. The van der Waals surface area contributed by atoms with E-state index in [1.54, 1.807) is 0 Å². The molecule has 4 N–H and O–H groups in total. The molecule has 1 saturated heterocycles. The molecule has 5 heteroatoms. The average Bonchev–Trinajstić information content (AvgIpc) is 2.76. The molecule has 0 aliphatic carbocycles. The summed E-state index contributed by atoms with van der Waals surface area (Å²) >= 11 is 0. The van der Waals surface area contributed by atoms with Crippen LogP contribution in [0.3, 0.4) is 0 Å². The first kappa shape index (κ1) is 13.5. The minimum absolute atomic E-state index is 0.160. The molecular formula is C14H20N4O. The number of hydrogen-bond acceptors (Lipinski definition) is 2. The first-order chi connectivity index (χ1) is 9.06. The van der Waals surface area contributed by atoms with Crippen molar-refractivity contribution in [2.24, 2.45) is 16.5 Å². The number of guanidine groups is 1. The van der Waals surface area contributed by atoms with Crippen LogP contribution in [0.25, 0.3) is 0 Å². The van der Waals surface area contributed by atoms with E-state index in [1.807, 2.05) is 6.07 Å². The normalized spacial score (nSPS) is 19.3. The highest BCUT2D eigenvalue weighted by molar-refractivity contribution is 5.94. The number of aliphatic imine (C=N–C) groups is 1. The van der Waals surface area contributed by atoms with Crippen LogP contribution in [-0.4, -0.2) is 29.4 Å². The number of hydrogen-bond donors (Lipinski definition) is 2. The van der Waals surface area contributed by atoms with E-state index in [1.165, 1.54) is 11.1 Å².